The quantitative estimate of drug-likeness (QED) is 0.496. The van der Waals surface area contributed by atoms with Gasteiger partial charge in [0.15, 0.2) is 11.4 Å². The normalized spacial score (nSPS) is 14.7. The van der Waals surface area contributed by atoms with Crippen molar-refractivity contribution >= 4 is 33.4 Å². The molecule has 7 heteroatoms. The summed E-state index contributed by atoms with van der Waals surface area (Å²) in [6.07, 6.45) is 0. The largest absolute Gasteiger partial charge is 0.367 e. The molecule has 1 aliphatic heterocycles. The Balaban J connectivity index is 1.48. The predicted octanol–water partition coefficient (Wildman–Crippen LogP) is 4.25. The Kier molecular flexibility index (Phi) is 4.68. The van der Waals surface area contributed by atoms with Crippen molar-refractivity contribution < 1.29 is 8.91 Å². The second-order valence-corrected chi connectivity index (χ2v) is 8.09. The number of aryl methyl sites for hydroxylation is 2. The van der Waals surface area contributed by atoms with Gasteiger partial charge >= 0.3 is 0 Å². The lowest BCUT2D eigenvalue weighted by molar-refractivity contribution is 0.451. The van der Waals surface area contributed by atoms with Crippen LogP contribution in [0.2, 0.25) is 0 Å². The van der Waals surface area contributed by atoms with Gasteiger partial charge in [-0.05, 0) is 50.6 Å². The first-order chi connectivity index (χ1) is 15.0. The molecule has 0 amide bonds. The van der Waals surface area contributed by atoms with Crippen LogP contribution < -0.4 is 15.4 Å². The molecule has 2 aromatic heterocycles. The van der Waals surface area contributed by atoms with Crippen LogP contribution in [0.3, 0.4) is 0 Å². The fourth-order valence-electron chi connectivity index (χ4n) is 4.66. The molecule has 0 atom stereocenters. The summed E-state index contributed by atoms with van der Waals surface area (Å²) in [6, 6.07) is 10.7. The number of halogens is 1. The van der Waals surface area contributed by atoms with E-state index in [0.717, 1.165) is 65.1 Å². The first-order valence-electron chi connectivity index (χ1n) is 10.7. The van der Waals surface area contributed by atoms with Crippen molar-refractivity contribution in [3.05, 3.63) is 63.7 Å². The van der Waals surface area contributed by atoms with E-state index in [1.807, 2.05) is 37.5 Å². The van der Waals surface area contributed by atoms with Gasteiger partial charge in [-0.1, -0.05) is 11.2 Å². The Bertz CT molecular complexity index is 1350. The maximum atomic E-state index is 13.5. The fourth-order valence-corrected chi connectivity index (χ4v) is 4.66. The van der Waals surface area contributed by atoms with E-state index in [0.29, 0.717) is 12.1 Å². The number of pyridine rings is 1. The highest BCUT2D eigenvalue weighted by Gasteiger charge is 2.24. The highest BCUT2D eigenvalue weighted by molar-refractivity contribution is 5.96. The topological polar surface area (TPSA) is 54.5 Å². The number of piperazine rings is 1. The molecular weight excluding hydrogens is 395 g/mol. The summed E-state index contributed by atoms with van der Waals surface area (Å²) in [5.41, 5.74) is 4.56. The molecule has 160 valence electrons. The Labute approximate surface area is 179 Å². The van der Waals surface area contributed by atoms with Gasteiger partial charge in [-0.15, -0.1) is 0 Å². The van der Waals surface area contributed by atoms with Crippen LogP contribution in [0.25, 0.3) is 21.9 Å². The molecule has 1 fully saturated rings. The Hall–Kier alpha value is -3.35. The molecule has 0 saturated carbocycles. The lowest BCUT2D eigenvalue weighted by Gasteiger charge is -2.37. The highest BCUT2D eigenvalue weighted by atomic mass is 19.1. The highest BCUT2D eigenvalue weighted by Crippen LogP contribution is 2.32. The third kappa shape index (κ3) is 3.07. The molecule has 1 aliphatic rings. The van der Waals surface area contributed by atoms with Crippen LogP contribution in [-0.2, 0) is 6.54 Å². The van der Waals surface area contributed by atoms with E-state index in [-0.39, 0.29) is 11.4 Å². The van der Waals surface area contributed by atoms with Crippen molar-refractivity contribution in [1.82, 2.24) is 9.72 Å². The van der Waals surface area contributed by atoms with Gasteiger partial charge < -0.3 is 18.9 Å². The van der Waals surface area contributed by atoms with Gasteiger partial charge in [-0.25, -0.2) is 4.39 Å². The molecule has 4 aromatic rings. The summed E-state index contributed by atoms with van der Waals surface area (Å²) in [4.78, 5) is 17.3. The SMILES string of the molecule is CCn1c(=O)c(C)c(C)c2c(N3CCN(c4noc5cc(F)ccc45)CC3)cccc21. The average Bonchev–Trinajstić information content (AvgIpc) is 3.20. The van der Waals surface area contributed by atoms with Crippen molar-refractivity contribution in [1.29, 1.82) is 0 Å². The minimum absolute atomic E-state index is 0.0869. The number of anilines is 2. The summed E-state index contributed by atoms with van der Waals surface area (Å²) < 4.78 is 20.7. The van der Waals surface area contributed by atoms with E-state index in [9.17, 15) is 9.18 Å². The zero-order valence-corrected chi connectivity index (χ0v) is 18.0. The van der Waals surface area contributed by atoms with E-state index >= 15 is 0 Å². The molecule has 0 aliphatic carbocycles. The first kappa shape index (κ1) is 19.6. The van der Waals surface area contributed by atoms with Gasteiger partial charge in [0.1, 0.15) is 5.82 Å². The summed E-state index contributed by atoms with van der Waals surface area (Å²) in [5.74, 6) is 0.437. The molecule has 31 heavy (non-hydrogen) atoms. The van der Waals surface area contributed by atoms with Crippen LogP contribution in [0.1, 0.15) is 18.1 Å². The fraction of sp³-hybridized carbons (Fsp3) is 0.333. The van der Waals surface area contributed by atoms with Gasteiger partial charge in [-0.3, -0.25) is 4.79 Å². The van der Waals surface area contributed by atoms with Gasteiger partial charge in [0.05, 0.1) is 10.9 Å². The Morgan fingerprint density at radius 3 is 2.52 bits per heavy atom. The standard InChI is InChI=1S/C24H25FN4O2/c1-4-29-20-7-5-6-19(22(20)15(2)16(3)24(29)30)27-10-12-28(13-11-27)23-18-9-8-17(25)14-21(18)31-26-23/h5-9,14H,4,10-13H2,1-3H3. The summed E-state index contributed by atoms with van der Waals surface area (Å²) in [6.45, 7) is 9.80. The van der Waals surface area contributed by atoms with Crippen LogP contribution in [0.15, 0.2) is 45.7 Å². The van der Waals surface area contributed by atoms with Crippen LogP contribution in [0.5, 0.6) is 0 Å². The minimum atomic E-state index is -0.327. The minimum Gasteiger partial charge on any atom is -0.367 e. The number of rotatable bonds is 3. The van der Waals surface area contributed by atoms with E-state index in [1.165, 1.54) is 12.1 Å². The molecule has 0 spiro atoms. The lowest BCUT2D eigenvalue weighted by atomic mass is 10.0. The number of nitrogens with zero attached hydrogens (tertiary/aromatic N) is 4. The summed E-state index contributed by atoms with van der Waals surface area (Å²) in [5, 5.41) is 6.18. The zero-order chi connectivity index (χ0) is 21.7. The van der Waals surface area contributed by atoms with Crippen LogP contribution in [0, 0.1) is 19.7 Å². The molecule has 0 unspecified atom stereocenters. The van der Waals surface area contributed by atoms with Gasteiger partial charge in [-0.2, -0.15) is 0 Å². The molecule has 6 nitrogen and oxygen atoms in total. The molecule has 2 aromatic carbocycles. The molecule has 0 radical (unpaired) electrons. The monoisotopic (exact) mass is 420 g/mol. The molecule has 0 bridgehead atoms. The Morgan fingerprint density at radius 2 is 1.77 bits per heavy atom. The smallest absolute Gasteiger partial charge is 0.254 e. The number of benzene rings is 2. The van der Waals surface area contributed by atoms with Gasteiger partial charge in [0.2, 0.25) is 0 Å². The van der Waals surface area contributed by atoms with E-state index in [1.54, 1.807) is 6.07 Å². The van der Waals surface area contributed by atoms with E-state index in [2.05, 4.69) is 21.0 Å². The van der Waals surface area contributed by atoms with Crippen LogP contribution in [-0.4, -0.2) is 35.9 Å². The predicted molar refractivity (Wildman–Crippen MR) is 122 cm³/mol. The third-order valence-electron chi connectivity index (χ3n) is 6.47. The summed E-state index contributed by atoms with van der Waals surface area (Å²) in [7, 11) is 0. The van der Waals surface area contributed by atoms with Gasteiger partial charge in [0, 0.05) is 55.4 Å². The number of hydrogen-bond donors (Lipinski definition) is 0. The molecule has 1 saturated heterocycles. The maximum Gasteiger partial charge on any atom is 0.254 e. The first-order valence-corrected chi connectivity index (χ1v) is 10.7. The second-order valence-electron chi connectivity index (χ2n) is 8.09. The number of aromatic nitrogens is 2. The molecule has 5 rings (SSSR count). The van der Waals surface area contributed by atoms with Crippen LogP contribution >= 0.6 is 0 Å². The van der Waals surface area contributed by atoms with Crippen LogP contribution in [0.4, 0.5) is 15.9 Å². The molecule has 3 heterocycles. The van der Waals surface area contributed by atoms with E-state index in [4.69, 9.17) is 4.52 Å². The molecular formula is C24H25FN4O2. The number of hydrogen-bond acceptors (Lipinski definition) is 5. The molecule has 0 N–H and O–H groups in total. The van der Waals surface area contributed by atoms with Crippen molar-refractivity contribution in [2.75, 3.05) is 36.0 Å². The maximum absolute atomic E-state index is 13.5. The third-order valence-corrected chi connectivity index (χ3v) is 6.47. The second kappa shape index (κ2) is 7.41. The average molecular weight is 420 g/mol. The van der Waals surface area contributed by atoms with Crippen molar-refractivity contribution in [2.24, 2.45) is 0 Å². The van der Waals surface area contributed by atoms with E-state index < -0.39 is 0 Å². The van der Waals surface area contributed by atoms with Gasteiger partial charge in [0.25, 0.3) is 5.56 Å². The summed E-state index contributed by atoms with van der Waals surface area (Å²) >= 11 is 0. The van der Waals surface area contributed by atoms with Crippen molar-refractivity contribution in [3.63, 3.8) is 0 Å². The van der Waals surface area contributed by atoms with Crippen molar-refractivity contribution in [3.8, 4) is 0 Å². The van der Waals surface area contributed by atoms with Crippen molar-refractivity contribution in [2.45, 2.75) is 27.3 Å². The zero-order valence-electron chi connectivity index (χ0n) is 18.0. The lowest BCUT2D eigenvalue weighted by Crippen LogP contribution is -2.46. The Morgan fingerprint density at radius 1 is 1.03 bits per heavy atom. The number of fused-ring (bicyclic) bond motifs is 2.